The molecule has 0 aromatic carbocycles. The maximum absolute atomic E-state index is 12.7. The summed E-state index contributed by atoms with van der Waals surface area (Å²) in [6.45, 7) is 2.00. The highest BCUT2D eigenvalue weighted by atomic mass is 19.4. The van der Waals surface area contributed by atoms with Gasteiger partial charge >= 0.3 is 6.18 Å². The molecule has 3 heterocycles. The Bertz CT molecular complexity index is 555. The van der Waals surface area contributed by atoms with Crippen molar-refractivity contribution in [3.8, 4) is 5.88 Å². The van der Waals surface area contributed by atoms with E-state index >= 15 is 0 Å². The maximum Gasteiger partial charge on any atom is 0.433 e. The summed E-state index contributed by atoms with van der Waals surface area (Å²) < 4.78 is 48.8. The van der Waals surface area contributed by atoms with Gasteiger partial charge in [-0.1, -0.05) is 0 Å². The van der Waals surface area contributed by atoms with E-state index in [2.05, 4.69) is 14.9 Å². The molecule has 0 bridgehead atoms. The average molecular weight is 331 g/mol. The minimum Gasteiger partial charge on any atom is -0.476 e. The first-order valence-electron chi connectivity index (χ1n) is 7.72. The van der Waals surface area contributed by atoms with Crippen molar-refractivity contribution in [2.24, 2.45) is 0 Å². The Morgan fingerprint density at radius 3 is 2.91 bits per heavy atom. The van der Waals surface area contributed by atoms with Crippen molar-refractivity contribution in [2.75, 3.05) is 26.9 Å². The van der Waals surface area contributed by atoms with Gasteiger partial charge in [-0.25, -0.2) is 9.97 Å². The quantitative estimate of drug-likeness (QED) is 0.830. The molecule has 3 rings (SSSR count). The van der Waals surface area contributed by atoms with Crippen LogP contribution in [0.4, 0.5) is 13.2 Å². The van der Waals surface area contributed by atoms with Crippen molar-refractivity contribution in [3.05, 3.63) is 18.1 Å². The van der Waals surface area contributed by atoms with Crippen LogP contribution in [0.3, 0.4) is 0 Å². The van der Waals surface area contributed by atoms with Crippen LogP contribution in [0.5, 0.6) is 5.88 Å². The molecule has 0 unspecified atom stereocenters. The number of rotatable bonds is 5. The lowest BCUT2D eigenvalue weighted by atomic mass is 9.95. The van der Waals surface area contributed by atoms with Crippen molar-refractivity contribution in [3.63, 3.8) is 0 Å². The maximum atomic E-state index is 12.7. The summed E-state index contributed by atoms with van der Waals surface area (Å²) in [5.74, 6) is -0.0317. The standard InChI is InChI=1S/C15H20F3N3O2/c1-22-9-14-4-2-6-21(14)11(3-5-14)8-23-13-7-12(15(16,17)18)19-10-20-13/h7,10-11H,2-6,8-9H2,1H3/t11-,14-/m0/s1. The molecule has 1 aromatic heterocycles. The van der Waals surface area contributed by atoms with Crippen LogP contribution in [0.15, 0.2) is 12.4 Å². The largest absolute Gasteiger partial charge is 0.476 e. The van der Waals surface area contributed by atoms with Gasteiger partial charge in [-0.15, -0.1) is 0 Å². The zero-order chi connectivity index (χ0) is 16.5. The smallest absolute Gasteiger partial charge is 0.433 e. The molecule has 2 saturated heterocycles. The molecule has 23 heavy (non-hydrogen) atoms. The van der Waals surface area contributed by atoms with Gasteiger partial charge in [-0.05, 0) is 32.2 Å². The second-order valence-corrected chi connectivity index (χ2v) is 6.20. The van der Waals surface area contributed by atoms with Crippen molar-refractivity contribution in [1.29, 1.82) is 0 Å². The van der Waals surface area contributed by atoms with E-state index < -0.39 is 11.9 Å². The summed E-state index contributed by atoms with van der Waals surface area (Å²) in [5.41, 5.74) is -0.908. The third-order valence-corrected chi connectivity index (χ3v) is 4.80. The van der Waals surface area contributed by atoms with Crippen LogP contribution in [-0.2, 0) is 10.9 Å². The first kappa shape index (κ1) is 16.4. The Morgan fingerprint density at radius 2 is 2.17 bits per heavy atom. The highest BCUT2D eigenvalue weighted by Crippen LogP contribution is 2.42. The van der Waals surface area contributed by atoms with Gasteiger partial charge in [-0.2, -0.15) is 13.2 Å². The molecule has 0 aliphatic carbocycles. The van der Waals surface area contributed by atoms with Gasteiger partial charge in [0.05, 0.1) is 6.61 Å². The fourth-order valence-electron chi connectivity index (χ4n) is 3.81. The summed E-state index contributed by atoms with van der Waals surface area (Å²) in [4.78, 5) is 9.40. The van der Waals surface area contributed by atoms with E-state index in [1.165, 1.54) is 0 Å². The minimum absolute atomic E-state index is 0.0317. The van der Waals surface area contributed by atoms with Crippen LogP contribution in [0.2, 0.25) is 0 Å². The molecule has 2 fully saturated rings. The van der Waals surface area contributed by atoms with Gasteiger partial charge in [0, 0.05) is 24.8 Å². The number of ether oxygens (including phenoxy) is 2. The molecule has 0 amide bonds. The lowest BCUT2D eigenvalue weighted by Crippen LogP contribution is -2.47. The lowest BCUT2D eigenvalue weighted by Gasteiger charge is -2.34. The Labute approximate surface area is 132 Å². The SMILES string of the molecule is COC[C@@]12CCCN1[C@H](COc1cc(C(F)(F)F)ncn1)CC2. The summed E-state index contributed by atoms with van der Waals surface area (Å²) in [6, 6.07) is 1.04. The fraction of sp³-hybridized carbons (Fsp3) is 0.733. The first-order valence-corrected chi connectivity index (χ1v) is 7.72. The Hall–Kier alpha value is -1.41. The van der Waals surface area contributed by atoms with Crippen LogP contribution < -0.4 is 4.74 Å². The number of halogens is 3. The third-order valence-electron chi connectivity index (χ3n) is 4.80. The molecule has 8 heteroatoms. The van der Waals surface area contributed by atoms with Crippen LogP contribution in [-0.4, -0.2) is 53.3 Å². The van der Waals surface area contributed by atoms with Gasteiger partial charge in [0.15, 0.2) is 5.69 Å². The summed E-state index contributed by atoms with van der Waals surface area (Å²) >= 11 is 0. The van der Waals surface area contributed by atoms with Crippen molar-refractivity contribution in [1.82, 2.24) is 14.9 Å². The van der Waals surface area contributed by atoms with Gasteiger partial charge in [0.25, 0.3) is 0 Å². The number of methoxy groups -OCH3 is 1. The van der Waals surface area contributed by atoms with E-state index in [4.69, 9.17) is 9.47 Å². The zero-order valence-corrected chi connectivity index (χ0v) is 13.0. The van der Waals surface area contributed by atoms with Crippen molar-refractivity contribution < 1.29 is 22.6 Å². The predicted molar refractivity (Wildman–Crippen MR) is 76.1 cm³/mol. The number of nitrogens with zero attached hydrogens (tertiary/aromatic N) is 3. The number of aromatic nitrogens is 2. The lowest BCUT2D eigenvalue weighted by molar-refractivity contribution is -0.141. The predicted octanol–water partition coefficient (Wildman–Crippen LogP) is 2.52. The number of alkyl halides is 3. The molecule has 5 nitrogen and oxygen atoms in total. The van der Waals surface area contributed by atoms with Crippen LogP contribution in [0, 0.1) is 0 Å². The van der Waals surface area contributed by atoms with Gasteiger partial charge < -0.3 is 9.47 Å². The summed E-state index contributed by atoms with van der Waals surface area (Å²) in [5, 5.41) is 0. The normalized spacial score (nSPS) is 28.1. The van der Waals surface area contributed by atoms with E-state index in [-0.39, 0.29) is 17.5 Å². The zero-order valence-electron chi connectivity index (χ0n) is 13.0. The summed E-state index contributed by atoms with van der Waals surface area (Å²) in [6.07, 6.45) is 0.608. The van der Waals surface area contributed by atoms with Gasteiger partial charge in [-0.3, -0.25) is 4.90 Å². The molecule has 0 saturated carbocycles. The molecule has 128 valence electrons. The molecule has 0 N–H and O–H groups in total. The Morgan fingerprint density at radius 1 is 1.35 bits per heavy atom. The second-order valence-electron chi connectivity index (χ2n) is 6.20. The van der Waals surface area contributed by atoms with Crippen LogP contribution >= 0.6 is 0 Å². The first-order chi connectivity index (χ1) is 10.9. The average Bonchev–Trinajstić information content (AvgIpc) is 3.04. The molecular weight excluding hydrogens is 311 g/mol. The van der Waals surface area contributed by atoms with E-state index in [0.717, 1.165) is 44.6 Å². The molecule has 0 radical (unpaired) electrons. The number of hydrogen-bond donors (Lipinski definition) is 0. The highest BCUT2D eigenvalue weighted by molar-refractivity contribution is 5.16. The van der Waals surface area contributed by atoms with E-state index in [9.17, 15) is 13.2 Å². The highest BCUT2D eigenvalue weighted by Gasteiger charge is 2.49. The summed E-state index contributed by atoms with van der Waals surface area (Å²) in [7, 11) is 1.70. The van der Waals surface area contributed by atoms with Crippen LogP contribution in [0.1, 0.15) is 31.4 Å². The second kappa shape index (κ2) is 6.24. The third kappa shape index (κ3) is 3.28. The molecule has 2 aliphatic heterocycles. The Kier molecular flexibility index (Phi) is 4.46. The van der Waals surface area contributed by atoms with Gasteiger partial charge in [0.2, 0.25) is 5.88 Å². The number of fused-ring (bicyclic) bond motifs is 1. The number of hydrogen-bond acceptors (Lipinski definition) is 5. The van der Waals surface area contributed by atoms with Crippen molar-refractivity contribution >= 4 is 0 Å². The fourth-order valence-corrected chi connectivity index (χ4v) is 3.81. The monoisotopic (exact) mass is 331 g/mol. The Balaban J connectivity index is 1.63. The molecule has 2 atom stereocenters. The molecule has 1 aromatic rings. The minimum atomic E-state index is -4.49. The van der Waals surface area contributed by atoms with E-state index in [0.29, 0.717) is 13.2 Å². The van der Waals surface area contributed by atoms with Gasteiger partial charge in [0.1, 0.15) is 12.9 Å². The molecule has 0 spiro atoms. The van der Waals surface area contributed by atoms with Crippen molar-refractivity contribution in [2.45, 2.75) is 43.4 Å². The van der Waals surface area contributed by atoms with E-state index in [1.54, 1.807) is 7.11 Å². The molecular formula is C15H20F3N3O2. The topological polar surface area (TPSA) is 47.5 Å². The van der Waals surface area contributed by atoms with E-state index in [1.807, 2.05) is 0 Å². The molecule has 2 aliphatic rings. The van der Waals surface area contributed by atoms with Crippen LogP contribution in [0.25, 0.3) is 0 Å².